The second kappa shape index (κ2) is 4.42. The summed E-state index contributed by atoms with van der Waals surface area (Å²) in [5.41, 5.74) is 0.127. The molecule has 4 heteroatoms. The molecule has 1 aromatic rings. The fourth-order valence-electron chi connectivity index (χ4n) is 1.98. The Labute approximate surface area is 109 Å². The lowest BCUT2D eigenvalue weighted by Gasteiger charge is -2.32. The van der Waals surface area contributed by atoms with Gasteiger partial charge in [-0.15, -0.1) is 0 Å². The zero-order valence-corrected chi connectivity index (χ0v) is 11.3. The van der Waals surface area contributed by atoms with Gasteiger partial charge in [-0.25, -0.2) is 0 Å². The van der Waals surface area contributed by atoms with Crippen LogP contribution in [-0.4, -0.2) is 18.3 Å². The Bertz CT molecular complexity index is 448. The molecule has 0 radical (unpaired) electrons. The van der Waals surface area contributed by atoms with E-state index >= 15 is 0 Å². The second-order valence-corrected chi connectivity index (χ2v) is 5.64. The Balaban J connectivity index is 2.26. The number of nitriles is 1. The summed E-state index contributed by atoms with van der Waals surface area (Å²) >= 11 is 0. The summed E-state index contributed by atoms with van der Waals surface area (Å²) in [4.78, 5) is 0. The maximum absolute atomic E-state index is 9.37. The lowest BCUT2D eigenvalue weighted by molar-refractivity contribution is 0.00578. The Morgan fingerprint density at radius 3 is 2.00 bits per heavy atom. The number of hydrogen-bond donors (Lipinski definition) is 0. The van der Waals surface area contributed by atoms with Crippen LogP contribution in [0.1, 0.15) is 39.1 Å². The van der Waals surface area contributed by atoms with Crippen molar-refractivity contribution in [2.24, 2.45) is 0 Å². The molecule has 0 amide bonds. The van der Waals surface area contributed by atoms with Crippen LogP contribution in [0.2, 0.25) is 0 Å². The van der Waals surface area contributed by atoms with Crippen LogP contribution in [0.15, 0.2) is 30.3 Å². The lowest BCUT2D eigenvalue weighted by atomic mass is 9.69. The summed E-state index contributed by atoms with van der Waals surface area (Å²) in [6.45, 7) is 7.97. The van der Waals surface area contributed by atoms with Crippen molar-refractivity contribution in [2.75, 3.05) is 0 Å². The number of rotatable bonds is 2. The topological polar surface area (TPSA) is 42.2 Å². The molecular weight excluding hydrogens is 225 g/mol. The monoisotopic (exact) mass is 243 g/mol. The van der Waals surface area contributed by atoms with E-state index in [1.807, 2.05) is 58.0 Å². The predicted octanol–water partition coefficient (Wildman–Crippen LogP) is 2.93. The standard InChI is InChI=1S/C14H18BNO2/c1-13(2)14(3,4)18-15(17-13)12(10-16)11-8-6-5-7-9-11/h5-9,12H,1-4H3. The van der Waals surface area contributed by atoms with Gasteiger partial charge in [-0.2, -0.15) is 5.26 Å². The van der Waals surface area contributed by atoms with Gasteiger partial charge in [0.05, 0.1) is 17.3 Å². The average Bonchev–Trinajstić information content (AvgIpc) is 2.50. The van der Waals surface area contributed by atoms with Crippen LogP contribution in [0.3, 0.4) is 0 Å². The molecule has 0 aliphatic carbocycles. The maximum atomic E-state index is 9.37. The van der Waals surface area contributed by atoms with E-state index in [0.717, 1.165) is 5.56 Å². The van der Waals surface area contributed by atoms with E-state index in [9.17, 15) is 5.26 Å². The molecule has 1 unspecified atom stereocenters. The highest BCUT2D eigenvalue weighted by Gasteiger charge is 2.54. The summed E-state index contributed by atoms with van der Waals surface area (Å²) in [7, 11) is -0.512. The van der Waals surface area contributed by atoms with E-state index in [1.165, 1.54) is 0 Å². The molecule has 2 rings (SSSR count). The maximum Gasteiger partial charge on any atom is 0.480 e. The fourth-order valence-corrected chi connectivity index (χ4v) is 1.98. The minimum atomic E-state index is -0.512. The molecule has 0 N–H and O–H groups in total. The van der Waals surface area contributed by atoms with E-state index in [-0.39, 0.29) is 0 Å². The first-order valence-electron chi connectivity index (χ1n) is 6.17. The van der Waals surface area contributed by atoms with E-state index in [4.69, 9.17) is 9.31 Å². The highest BCUT2D eigenvalue weighted by atomic mass is 16.7. The molecule has 1 atom stereocenters. The molecule has 94 valence electrons. The zero-order valence-electron chi connectivity index (χ0n) is 11.3. The normalized spacial score (nSPS) is 22.5. The molecule has 0 aromatic heterocycles. The molecule has 0 saturated carbocycles. The van der Waals surface area contributed by atoms with Crippen molar-refractivity contribution < 1.29 is 9.31 Å². The Kier molecular flexibility index (Phi) is 3.22. The van der Waals surface area contributed by atoms with Crippen molar-refractivity contribution in [1.29, 1.82) is 5.26 Å². The zero-order chi connectivity index (χ0) is 13.4. The van der Waals surface area contributed by atoms with Gasteiger partial charge in [0.1, 0.15) is 5.82 Å². The van der Waals surface area contributed by atoms with Gasteiger partial charge in [0.15, 0.2) is 0 Å². The van der Waals surface area contributed by atoms with Crippen LogP contribution in [0.25, 0.3) is 0 Å². The van der Waals surface area contributed by atoms with Crippen LogP contribution in [0.5, 0.6) is 0 Å². The van der Waals surface area contributed by atoms with Crippen LogP contribution < -0.4 is 0 Å². The molecule has 0 spiro atoms. The fraction of sp³-hybridized carbons (Fsp3) is 0.500. The quantitative estimate of drug-likeness (QED) is 0.750. The molecule has 1 aliphatic rings. The van der Waals surface area contributed by atoms with Gasteiger partial charge in [0.25, 0.3) is 0 Å². The van der Waals surface area contributed by atoms with E-state index in [2.05, 4.69) is 6.07 Å². The predicted molar refractivity (Wildman–Crippen MR) is 70.9 cm³/mol. The first-order chi connectivity index (χ1) is 8.37. The second-order valence-electron chi connectivity index (χ2n) is 5.64. The third-order valence-corrected chi connectivity index (χ3v) is 3.84. The Morgan fingerprint density at radius 1 is 1.06 bits per heavy atom. The SMILES string of the molecule is CC1(C)OB(C(C#N)c2ccccc2)OC1(C)C. The van der Waals surface area contributed by atoms with Gasteiger partial charge >= 0.3 is 7.12 Å². The number of hydrogen-bond acceptors (Lipinski definition) is 3. The average molecular weight is 243 g/mol. The smallest absolute Gasteiger partial charge is 0.402 e. The van der Waals surface area contributed by atoms with Gasteiger partial charge in [-0.1, -0.05) is 30.3 Å². The highest BCUT2D eigenvalue weighted by molar-refractivity contribution is 6.48. The Hall–Kier alpha value is -1.31. The molecule has 3 nitrogen and oxygen atoms in total. The largest absolute Gasteiger partial charge is 0.480 e. The Morgan fingerprint density at radius 2 is 1.56 bits per heavy atom. The van der Waals surface area contributed by atoms with Crippen LogP contribution in [0.4, 0.5) is 0 Å². The van der Waals surface area contributed by atoms with Gasteiger partial charge in [0, 0.05) is 0 Å². The van der Waals surface area contributed by atoms with Gasteiger partial charge in [0.2, 0.25) is 0 Å². The molecule has 1 saturated heterocycles. The van der Waals surface area contributed by atoms with Crippen LogP contribution >= 0.6 is 0 Å². The van der Waals surface area contributed by atoms with E-state index < -0.39 is 24.1 Å². The molecule has 18 heavy (non-hydrogen) atoms. The highest BCUT2D eigenvalue weighted by Crippen LogP contribution is 2.40. The molecule has 1 aromatic carbocycles. The molecule has 1 heterocycles. The summed E-state index contributed by atoms with van der Waals surface area (Å²) < 4.78 is 11.9. The minimum Gasteiger partial charge on any atom is -0.402 e. The van der Waals surface area contributed by atoms with Gasteiger partial charge < -0.3 is 9.31 Å². The van der Waals surface area contributed by atoms with Crippen molar-refractivity contribution in [3.05, 3.63) is 35.9 Å². The first kappa shape index (κ1) is 13.1. The third-order valence-electron chi connectivity index (χ3n) is 3.84. The van der Waals surface area contributed by atoms with Crippen molar-refractivity contribution in [3.8, 4) is 6.07 Å². The summed E-state index contributed by atoms with van der Waals surface area (Å²) in [6, 6.07) is 11.9. The van der Waals surface area contributed by atoms with Crippen molar-refractivity contribution in [3.63, 3.8) is 0 Å². The third kappa shape index (κ3) is 2.16. The summed E-state index contributed by atoms with van der Waals surface area (Å²) in [5, 5.41) is 9.37. The van der Waals surface area contributed by atoms with Crippen LogP contribution in [0, 0.1) is 11.3 Å². The van der Waals surface area contributed by atoms with Gasteiger partial charge in [-0.3, -0.25) is 0 Å². The van der Waals surface area contributed by atoms with E-state index in [1.54, 1.807) is 0 Å². The lowest BCUT2D eigenvalue weighted by Crippen LogP contribution is -2.41. The van der Waals surface area contributed by atoms with Crippen molar-refractivity contribution in [2.45, 2.75) is 44.7 Å². The summed E-state index contributed by atoms with van der Waals surface area (Å²) in [6.07, 6.45) is 0. The van der Waals surface area contributed by atoms with Crippen LogP contribution in [-0.2, 0) is 9.31 Å². The molecule has 1 fully saturated rings. The molecular formula is C14H18BNO2. The molecule has 0 bridgehead atoms. The summed E-state index contributed by atoms with van der Waals surface area (Å²) in [5.74, 6) is -0.396. The number of benzene rings is 1. The van der Waals surface area contributed by atoms with Gasteiger partial charge in [-0.05, 0) is 33.3 Å². The minimum absolute atomic E-state index is 0.396. The van der Waals surface area contributed by atoms with E-state index in [0.29, 0.717) is 0 Å². The molecule has 1 aliphatic heterocycles. The van der Waals surface area contributed by atoms with Crippen molar-refractivity contribution >= 4 is 7.12 Å². The first-order valence-corrected chi connectivity index (χ1v) is 6.17. The number of nitrogens with zero attached hydrogens (tertiary/aromatic N) is 1. The van der Waals surface area contributed by atoms with Crippen molar-refractivity contribution in [1.82, 2.24) is 0 Å².